The summed E-state index contributed by atoms with van der Waals surface area (Å²) in [5, 5.41) is 18.7. The molecule has 2 saturated heterocycles. The molecule has 4 heterocycles. The molecule has 0 saturated carbocycles. The molecule has 0 unspecified atom stereocenters. The van der Waals surface area contributed by atoms with E-state index >= 15 is 0 Å². The second-order valence-corrected chi connectivity index (χ2v) is 9.51. The van der Waals surface area contributed by atoms with Gasteiger partial charge in [0.05, 0.1) is 18.9 Å². The number of halogens is 6. The summed E-state index contributed by atoms with van der Waals surface area (Å²) in [7, 11) is 2.20. The third-order valence-electron chi connectivity index (χ3n) is 5.83. The molecule has 0 bridgehead atoms. The number of carboxylic acids is 2. The fourth-order valence-electron chi connectivity index (χ4n) is 4.19. The first kappa shape index (κ1) is 31.6. The molecule has 214 valence electrons. The van der Waals surface area contributed by atoms with Crippen molar-refractivity contribution in [1.29, 1.82) is 0 Å². The molecule has 0 aliphatic carbocycles. The lowest BCUT2D eigenvalue weighted by Crippen LogP contribution is -2.59. The van der Waals surface area contributed by atoms with E-state index in [0.717, 1.165) is 38.5 Å². The molecule has 2 aliphatic heterocycles. The van der Waals surface area contributed by atoms with Gasteiger partial charge in [0.1, 0.15) is 5.76 Å². The molecule has 8 nitrogen and oxygen atoms in total. The predicted molar refractivity (Wildman–Crippen MR) is 123 cm³/mol. The summed E-state index contributed by atoms with van der Waals surface area (Å²) in [6.45, 7) is 5.03. The number of ether oxygens (including phenoxy) is 1. The van der Waals surface area contributed by atoms with Gasteiger partial charge in [-0.25, -0.2) is 9.59 Å². The zero-order valence-corrected chi connectivity index (χ0v) is 21.1. The third kappa shape index (κ3) is 10.3. The molecule has 2 aromatic rings. The summed E-state index contributed by atoms with van der Waals surface area (Å²) in [4.78, 5) is 22.8. The highest BCUT2D eigenvalue weighted by Crippen LogP contribution is 2.32. The van der Waals surface area contributed by atoms with Crippen molar-refractivity contribution in [2.75, 3.05) is 26.7 Å². The molecule has 0 radical (unpaired) electrons. The largest absolute Gasteiger partial charge is 0.490 e. The first-order chi connectivity index (χ1) is 17.7. The average molecular weight is 575 g/mol. The Morgan fingerprint density at radius 3 is 2.24 bits per heavy atom. The zero-order chi connectivity index (χ0) is 28.5. The van der Waals surface area contributed by atoms with Crippen LogP contribution in [0.1, 0.15) is 24.2 Å². The van der Waals surface area contributed by atoms with E-state index in [2.05, 4.69) is 39.7 Å². The van der Waals surface area contributed by atoms with Gasteiger partial charge in [-0.05, 0) is 60.3 Å². The van der Waals surface area contributed by atoms with E-state index in [1.54, 1.807) is 17.6 Å². The number of alkyl halides is 6. The maximum atomic E-state index is 10.6. The van der Waals surface area contributed by atoms with Crippen LogP contribution in [0.25, 0.3) is 0 Å². The van der Waals surface area contributed by atoms with Gasteiger partial charge in [0, 0.05) is 32.3 Å². The van der Waals surface area contributed by atoms with Gasteiger partial charge in [-0.1, -0.05) is 0 Å². The third-order valence-corrected chi connectivity index (χ3v) is 6.57. The van der Waals surface area contributed by atoms with Crippen molar-refractivity contribution in [2.24, 2.45) is 5.92 Å². The number of thiophene rings is 1. The minimum Gasteiger partial charge on any atom is -0.475 e. The Labute approximate surface area is 218 Å². The number of likely N-dealkylation sites (N-methyl/N-ethyl adjacent to an activating group) is 1. The molecule has 2 aromatic heterocycles. The van der Waals surface area contributed by atoms with Crippen molar-refractivity contribution in [1.82, 2.24) is 9.80 Å². The Bertz CT molecular complexity index is 925. The summed E-state index contributed by atoms with van der Waals surface area (Å²) < 4.78 is 75.2. The van der Waals surface area contributed by atoms with Crippen molar-refractivity contribution >= 4 is 23.3 Å². The Kier molecular flexibility index (Phi) is 11.6. The lowest BCUT2D eigenvalue weighted by molar-refractivity contribution is -0.193. The van der Waals surface area contributed by atoms with Crippen molar-refractivity contribution in [3.8, 4) is 0 Å². The number of carboxylic acid groups (broad SMARTS) is 2. The lowest BCUT2D eigenvalue weighted by Gasteiger charge is -2.48. The van der Waals surface area contributed by atoms with E-state index in [9.17, 15) is 26.3 Å². The molecular formula is C23H28F6N2O6S. The van der Waals surface area contributed by atoms with E-state index in [1.807, 2.05) is 6.07 Å². The summed E-state index contributed by atoms with van der Waals surface area (Å²) in [5.74, 6) is -3.84. The number of hydrogen-bond donors (Lipinski definition) is 2. The Morgan fingerprint density at radius 1 is 1.11 bits per heavy atom. The van der Waals surface area contributed by atoms with Gasteiger partial charge in [0.2, 0.25) is 0 Å². The molecule has 0 aromatic carbocycles. The number of hydrogen-bond acceptors (Lipinski definition) is 7. The predicted octanol–water partition coefficient (Wildman–Crippen LogP) is 4.72. The number of piperidine rings is 1. The number of carbonyl (C=O) groups is 2. The monoisotopic (exact) mass is 574 g/mol. The minimum atomic E-state index is -5.08. The van der Waals surface area contributed by atoms with Gasteiger partial charge < -0.3 is 19.4 Å². The average Bonchev–Trinajstić information content (AvgIpc) is 3.52. The van der Waals surface area contributed by atoms with E-state index in [0.29, 0.717) is 18.1 Å². The van der Waals surface area contributed by atoms with Crippen LogP contribution in [-0.2, 0) is 27.4 Å². The van der Waals surface area contributed by atoms with Gasteiger partial charge in [-0.3, -0.25) is 9.80 Å². The molecule has 38 heavy (non-hydrogen) atoms. The number of nitrogens with zero attached hydrogens (tertiary/aromatic N) is 2. The smallest absolute Gasteiger partial charge is 0.475 e. The first-order valence-electron chi connectivity index (χ1n) is 11.4. The molecule has 3 atom stereocenters. The first-order valence-corrected chi connectivity index (χ1v) is 12.3. The second-order valence-electron chi connectivity index (χ2n) is 8.73. The highest BCUT2D eigenvalue weighted by Gasteiger charge is 2.41. The van der Waals surface area contributed by atoms with Gasteiger partial charge in [0.15, 0.2) is 0 Å². The van der Waals surface area contributed by atoms with E-state index in [-0.39, 0.29) is 0 Å². The summed E-state index contributed by atoms with van der Waals surface area (Å²) >= 11 is 1.79. The number of furan rings is 1. The maximum Gasteiger partial charge on any atom is 0.490 e. The molecule has 2 N–H and O–H groups in total. The van der Waals surface area contributed by atoms with Gasteiger partial charge in [-0.2, -0.15) is 37.7 Å². The van der Waals surface area contributed by atoms with Crippen LogP contribution in [0.2, 0.25) is 0 Å². The number of aliphatic carboxylic acids is 2. The van der Waals surface area contributed by atoms with Crippen molar-refractivity contribution in [2.45, 2.75) is 50.4 Å². The lowest BCUT2D eigenvalue weighted by atomic mass is 9.84. The van der Waals surface area contributed by atoms with Crippen LogP contribution in [0.4, 0.5) is 26.3 Å². The summed E-state index contributed by atoms with van der Waals surface area (Å²) in [6, 6.07) is 6.69. The Morgan fingerprint density at radius 2 is 1.74 bits per heavy atom. The van der Waals surface area contributed by atoms with Crippen LogP contribution in [0.3, 0.4) is 0 Å². The van der Waals surface area contributed by atoms with Crippen molar-refractivity contribution in [3.63, 3.8) is 0 Å². The molecule has 2 aliphatic rings. The molecule has 4 rings (SSSR count). The number of rotatable bonds is 5. The van der Waals surface area contributed by atoms with Crippen LogP contribution in [0.15, 0.2) is 39.6 Å². The van der Waals surface area contributed by atoms with E-state index in [1.165, 1.54) is 18.4 Å². The highest BCUT2D eigenvalue weighted by atomic mass is 32.1. The van der Waals surface area contributed by atoms with Crippen LogP contribution in [0.5, 0.6) is 0 Å². The van der Waals surface area contributed by atoms with E-state index < -0.39 is 24.3 Å². The SMILES string of the molecule is CN(Cc1ccco1)[C@@H]1CN(Cc2ccsc2)C[C@@H]2CCCO[C@@H]21.O=C(O)C(F)(F)F.O=C(O)C(F)(F)F. The quantitative estimate of drug-likeness (QED) is 0.495. The minimum absolute atomic E-state index is 0.359. The van der Waals surface area contributed by atoms with Gasteiger partial charge in [-0.15, -0.1) is 0 Å². The fraction of sp³-hybridized carbons (Fsp3) is 0.565. The maximum absolute atomic E-state index is 10.6. The molecule has 0 amide bonds. The normalized spacial score (nSPS) is 21.9. The van der Waals surface area contributed by atoms with Gasteiger partial charge in [0.25, 0.3) is 0 Å². The number of likely N-dealkylation sites (tertiary alicyclic amines) is 1. The van der Waals surface area contributed by atoms with Crippen LogP contribution in [-0.4, -0.2) is 83.2 Å². The Balaban J connectivity index is 0.000000301. The summed E-state index contributed by atoms with van der Waals surface area (Å²) in [6.07, 6.45) is -5.57. The van der Waals surface area contributed by atoms with Gasteiger partial charge >= 0.3 is 24.3 Å². The standard InChI is InChI=1S/C19H26N2O2S.2C2HF3O2/c1-20(12-17-5-3-7-22-17)18-13-21(10-15-6-9-24-14-15)11-16-4-2-8-23-19(16)18;2*3-2(4,5)1(6)7/h3,5-7,9,14,16,18-19H,2,4,8,10-13H2,1H3;2*(H,6,7)/t16-,18+,19-;;/m0../s1. The highest BCUT2D eigenvalue weighted by molar-refractivity contribution is 7.07. The molecule has 2 fully saturated rings. The fourth-order valence-corrected chi connectivity index (χ4v) is 4.85. The second kappa shape index (κ2) is 14.0. The number of fused-ring (bicyclic) bond motifs is 1. The van der Waals surface area contributed by atoms with Crippen LogP contribution < -0.4 is 0 Å². The molecule has 0 spiro atoms. The topological polar surface area (TPSA) is 103 Å². The van der Waals surface area contributed by atoms with Crippen LogP contribution >= 0.6 is 11.3 Å². The molecule has 15 heteroatoms. The Hall–Kier alpha value is -2.62. The zero-order valence-electron chi connectivity index (χ0n) is 20.2. The molecular weight excluding hydrogens is 546 g/mol. The van der Waals surface area contributed by atoms with Crippen molar-refractivity contribution in [3.05, 3.63) is 46.5 Å². The summed E-state index contributed by atoms with van der Waals surface area (Å²) in [5.41, 5.74) is 1.43. The van der Waals surface area contributed by atoms with Crippen LogP contribution in [0, 0.1) is 5.92 Å². The van der Waals surface area contributed by atoms with Crippen molar-refractivity contribution < 1.29 is 55.3 Å². The van der Waals surface area contributed by atoms with E-state index in [4.69, 9.17) is 29.0 Å².